The van der Waals surface area contributed by atoms with Crippen LogP contribution >= 0.6 is 11.3 Å². The molecule has 0 spiro atoms. The van der Waals surface area contributed by atoms with Crippen LogP contribution in [0.3, 0.4) is 0 Å². The van der Waals surface area contributed by atoms with Crippen molar-refractivity contribution < 1.29 is 0 Å². The van der Waals surface area contributed by atoms with Crippen LogP contribution in [-0.2, 0) is 6.54 Å². The van der Waals surface area contributed by atoms with Crippen LogP contribution in [0.2, 0.25) is 0 Å². The van der Waals surface area contributed by atoms with E-state index in [1.165, 1.54) is 10.4 Å². The van der Waals surface area contributed by atoms with Gasteiger partial charge in [-0.2, -0.15) is 0 Å². The average molecular weight is 281 g/mol. The molecule has 1 N–H and O–H groups in total. The number of fused-ring (bicyclic) bond motifs is 1. The first-order chi connectivity index (χ1) is 9.90. The molecule has 1 aliphatic heterocycles. The molecule has 1 aromatic carbocycles. The van der Waals surface area contributed by atoms with Crippen molar-refractivity contribution in [3.05, 3.63) is 58.9 Å². The van der Waals surface area contributed by atoms with Gasteiger partial charge in [0.2, 0.25) is 5.95 Å². The molecule has 4 rings (SSSR count). The molecule has 0 radical (unpaired) electrons. The first-order valence-electron chi connectivity index (χ1n) is 6.83. The monoisotopic (exact) mass is 281 g/mol. The molecule has 0 fully saturated rings. The van der Waals surface area contributed by atoms with E-state index in [0.717, 1.165) is 24.6 Å². The average Bonchev–Trinajstić information content (AvgIpc) is 3.16. The molecule has 20 heavy (non-hydrogen) atoms. The smallest absolute Gasteiger partial charge is 0.203 e. The third-order valence-corrected chi connectivity index (χ3v) is 4.68. The van der Waals surface area contributed by atoms with E-state index in [0.29, 0.717) is 6.04 Å². The van der Waals surface area contributed by atoms with Gasteiger partial charge in [0.25, 0.3) is 0 Å². The molecular formula is C16H15N3S. The van der Waals surface area contributed by atoms with E-state index in [1.54, 1.807) is 0 Å². The lowest BCUT2D eigenvalue weighted by atomic mass is 10.1. The van der Waals surface area contributed by atoms with E-state index in [-0.39, 0.29) is 0 Å². The first kappa shape index (κ1) is 11.7. The van der Waals surface area contributed by atoms with Crippen LogP contribution < -0.4 is 5.32 Å². The molecule has 0 amide bonds. The quantitative estimate of drug-likeness (QED) is 0.764. The van der Waals surface area contributed by atoms with Crippen molar-refractivity contribution in [3.8, 4) is 11.3 Å². The molecule has 4 heteroatoms. The minimum atomic E-state index is 0.397. The third kappa shape index (κ3) is 2.02. The predicted molar refractivity (Wildman–Crippen MR) is 83.0 cm³/mol. The minimum absolute atomic E-state index is 0.397. The molecule has 100 valence electrons. The number of aromatic nitrogens is 2. The maximum atomic E-state index is 4.74. The summed E-state index contributed by atoms with van der Waals surface area (Å²) >= 11 is 1.81. The van der Waals surface area contributed by atoms with Crippen LogP contribution in [0, 0.1) is 0 Å². The highest BCUT2D eigenvalue weighted by Gasteiger charge is 2.21. The Morgan fingerprint density at radius 1 is 1.15 bits per heavy atom. The second kappa shape index (κ2) is 4.80. The second-order valence-corrected chi connectivity index (χ2v) is 5.99. The van der Waals surface area contributed by atoms with Crippen molar-refractivity contribution in [2.45, 2.75) is 19.0 Å². The van der Waals surface area contributed by atoms with Crippen molar-refractivity contribution in [1.29, 1.82) is 0 Å². The van der Waals surface area contributed by atoms with Crippen molar-refractivity contribution >= 4 is 17.3 Å². The van der Waals surface area contributed by atoms with Crippen molar-refractivity contribution in [2.75, 3.05) is 5.32 Å². The molecule has 0 aliphatic carbocycles. The van der Waals surface area contributed by atoms with Gasteiger partial charge in [-0.3, -0.25) is 0 Å². The van der Waals surface area contributed by atoms with E-state index < -0.39 is 0 Å². The third-order valence-electron chi connectivity index (χ3n) is 3.69. The predicted octanol–water partition coefficient (Wildman–Crippen LogP) is 4.17. The Bertz CT molecular complexity index is 701. The van der Waals surface area contributed by atoms with Gasteiger partial charge >= 0.3 is 0 Å². The zero-order valence-corrected chi connectivity index (χ0v) is 11.8. The summed E-state index contributed by atoms with van der Waals surface area (Å²) in [4.78, 5) is 6.13. The zero-order chi connectivity index (χ0) is 13.4. The van der Waals surface area contributed by atoms with Gasteiger partial charge in [0.05, 0.1) is 11.7 Å². The van der Waals surface area contributed by atoms with Crippen molar-refractivity contribution in [2.24, 2.45) is 0 Å². The van der Waals surface area contributed by atoms with Gasteiger partial charge in [-0.15, -0.1) is 11.3 Å². The summed E-state index contributed by atoms with van der Waals surface area (Å²) in [5, 5.41) is 5.68. The molecule has 1 unspecified atom stereocenters. The van der Waals surface area contributed by atoms with Gasteiger partial charge in [0, 0.05) is 23.2 Å². The molecule has 1 aliphatic rings. The minimum Gasteiger partial charge on any atom is -0.348 e. The van der Waals surface area contributed by atoms with Crippen molar-refractivity contribution in [3.63, 3.8) is 0 Å². The number of hydrogen-bond donors (Lipinski definition) is 1. The van der Waals surface area contributed by atoms with Crippen LogP contribution in [0.5, 0.6) is 0 Å². The number of rotatable bonds is 2. The molecule has 0 bridgehead atoms. The number of benzene rings is 1. The topological polar surface area (TPSA) is 29.9 Å². The maximum Gasteiger partial charge on any atom is 0.203 e. The van der Waals surface area contributed by atoms with Crippen LogP contribution in [0.25, 0.3) is 11.3 Å². The highest BCUT2D eigenvalue weighted by molar-refractivity contribution is 7.10. The Kier molecular flexibility index (Phi) is 2.81. The number of imidazole rings is 1. The number of nitrogens with one attached hydrogen (secondary N) is 1. The lowest BCUT2D eigenvalue weighted by molar-refractivity contribution is 0.547. The summed E-state index contributed by atoms with van der Waals surface area (Å²) in [6.07, 6.45) is 3.25. The number of nitrogens with zero attached hydrogens (tertiary/aromatic N) is 2. The molecule has 3 heterocycles. The number of aryl methyl sites for hydroxylation is 1. The van der Waals surface area contributed by atoms with Gasteiger partial charge < -0.3 is 9.88 Å². The highest BCUT2D eigenvalue weighted by Crippen LogP contribution is 2.32. The Labute approximate surface area is 121 Å². The van der Waals surface area contributed by atoms with E-state index in [9.17, 15) is 0 Å². The van der Waals surface area contributed by atoms with Crippen LogP contribution in [-0.4, -0.2) is 9.55 Å². The van der Waals surface area contributed by atoms with Crippen molar-refractivity contribution in [1.82, 2.24) is 9.55 Å². The maximum absolute atomic E-state index is 4.74. The summed E-state index contributed by atoms with van der Waals surface area (Å²) in [6, 6.07) is 15.0. The Balaban J connectivity index is 1.65. The summed E-state index contributed by atoms with van der Waals surface area (Å²) in [5.41, 5.74) is 2.21. The van der Waals surface area contributed by atoms with Gasteiger partial charge in [-0.25, -0.2) is 4.98 Å². The summed E-state index contributed by atoms with van der Waals surface area (Å²) < 4.78 is 2.21. The van der Waals surface area contributed by atoms with Gasteiger partial charge in [-0.1, -0.05) is 36.4 Å². The fourth-order valence-electron chi connectivity index (χ4n) is 2.65. The molecule has 3 aromatic rings. The Morgan fingerprint density at radius 3 is 2.85 bits per heavy atom. The zero-order valence-electron chi connectivity index (χ0n) is 11.0. The number of thiophene rings is 1. The lowest BCUT2D eigenvalue weighted by Crippen LogP contribution is -2.21. The fraction of sp³-hybridized carbons (Fsp3) is 0.188. The number of anilines is 1. The molecule has 0 saturated heterocycles. The van der Waals surface area contributed by atoms with Gasteiger partial charge in [0.15, 0.2) is 0 Å². The Hall–Kier alpha value is -2.07. The SMILES string of the molecule is c1ccc(-c2cn3c(n2)NC(c2cccs2)CC3)cc1. The first-order valence-corrected chi connectivity index (χ1v) is 7.71. The molecule has 2 aromatic heterocycles. The van der Waals surface area contributed by atoms with Crippen LogP contribution in [0.4, 0.5) is 5.95 Å². The second-order valence-electron chi connectivity index (χ2n) is 5.01. The van der Waals surface area contributed by atoms with E-state index >= 15 is 0 Å². The van der Waals surface area contributed by atoms with Crippen LogP contribution in [0.1, 0.15) is 17.3 Å². The van der Waals surface area contributed by atoms with E-state index in [1.807, 2.05) is 17.4 Å². The van der Waals surface area contributed by atoms with E-state index in [2.05, 4.69) is 57.9 Å². The summed E-state index contributed by atoms with van der Waals surface area (Å²) in [5.74, 6) is 0.980. The molecule has 1 atom stereocenters. The standard InChI is InChI=1S/C16H15N3S/c1-2-5-12(6-3-1)14-11-19-9-8-13(17-16(19)18-14)15-7-4-10-20-15/h1-7,10-11,13H,8-9H2,(H,17,18). The lowest BCUT2D eigenvalue weighted by Gasteiger charge is -2.24. The van der Waals surface area contributed by atoms with Crippen LogP contribution in [0.15, 0.2) is 54.0 Å². The molecule has 3 nitrogen and oxygen atoms in total. The normalized spacial score (nSPS) is 17.5. The highest BCUT2D eigenvalue weighted by atomic mass is 32.1. The van der Waals surface area contributed by atoms with Gasteiger partial charge in [-0.05, 0) is 17.9 Å². The largest absolute Gasteiger partial charge is 0.348 e. The summed E-state index contributed by atoms with van der Waals surface area (Å²) in [7, 11) is 0. The molecular weight excluding hydrogens is 266 g/mol. The summed E-state index contributed by atoms with van der Waals surface area (Å²) in [6.45, 7) is 1.02. The number of hydrogen-bond acceptors (Lipinski definition) is 3. The fourth-order valence-corrected chi connectivity index (χ4v) is 3.46. The van der Waals surface area contributed by atoms with E-state index in [4.69, 9.17) is 4.98 Å². The van der Waals surface area contributed by atoms with Gasteiger partial charge in [0.1, 0.15) is 0 Å². The molecule has 0 saturated carbocycles. The Morgan fingerprint density at radius 2 is 2.05 bits per heavy atom.